The summed E-state index contributed by atoms with van der Waals surface area (Å²) in [5, 5.41) is 13.4. The van der Waals surface area contributed by atoms with E-state index in [0.717, 1.165) is 0 Å². The predicted octanol–water partition coefficient (Wildman–Crippen LogP) is 4.05. The molecule has 0 aromatic heterocycles. The van der Waals surface area contributed by atoms with Gasteiger partial charge < -0.3 is 10.1 Å². The molecular formula is C21H19N3O6S. The van der Waals surface area contributed by atoms with Crippen LogP contribution in [0.3, 0.4) is 0 Å². The fourth-order valence-corrected chi connectivity index (χ4v) is 3.74. The number of non-ortho nitro benzene ring substituents is 1. The molecule has 0 radical (unpaired) electrons. The number of sulfonamides is 1. The lowest BCUT2D eigenvalue weighted by Gasteiger charge is -2.10. The zero-order valence-electron chi connectivity index (χ0n) is 16.4. The summed E-state index contributed by atoms with van der Waals surface area (Å²) in [6.45, 7) is 2.31. The number of nitrogens with one attached hydrogen (secondary N) is 2. The van der Waals surface area contributed by atoms with Gasteiger partial charge in [-0.25, -0.2) is 8.42 Å². The normalized spacial score (nSPS) is 10.9. The molecule has 0 heterocycles. The van der Waals surface area contributed by atoms with Gasteiger partial charge in [-0.3, -0.25) is 19.6 Å². The first-order valence-corrected chi connectivity index (χ1v) is 10.7. The van der Waals surface area contributed by atoms with E-state index >= 15 is 0 Å². The molecule has 0 aliphatic rings. The Hall–Kier alpha value is -3.92. The molecule has 3 aromatic rings. The van der Waals surface area contributed by atoms with E-state index in [4.69, 9.17) is 4.74 Å². The van der Waals surface area contributed by atoms with Crippen LogP contribution in [0.2, 0.25) is 0 Å². The average Bonchev–Trinajstić information content (AvgIpc) is 2.75. The van der Waals surface area contributed by atoms with Gasteiger partial charge in [-0.2, -0.15) is 0 Å². The van der Waals surface area contributed by atoms with Crippen molar-refractivity contribution in [1.29, 1.82) is 0 Å². The number of carbonyl (C=O) groups excluding carboxylic acids is 1. The van der Waals surface area contributed by atoms with Gasteiger partial charge in [-0.15, -0.1) is 0 Å². The Morgan fingerprint density at radius 2 is 1.68 bits per heavy atom. The molecule has 0 atom stereocenters. The molecule has 31 heavy (non-hydrogen) atoms. The summed E-state index contributed by atoms with van der Waals surface area (Å²) in [6.07, 6.45) is 0. The molecule has 0 saturated carbocycles. The first kappa shape index (κ1) is 21.8. The minimum Gasteiger partial charge on any atom is -0.494 e. The summed E-state index contributed by atoms with van der Waals surface area (Å²) in [5.74, 6) is 0.0852. The minimum absolute atomic E-state index is 0.0726. The van der Waals surface area contributed by atoms with Crippen LogP contribution in [0.15, 0.2) is 77.7 Å². The number of hydrogen-bond donors (Lipinski definition) is 2. The predicted molar refractivity (Wildman–Crippen MR) is 116 cm³/mol. The van der Waals surface area contributed by atoms with E-state index in [1.165, 1.54) is 60.7 Å². The quantitative estimate of drug-likeness (QED) is 0.401. The Bertz CT molecular complexity index is 1190. The third-order valence-corrected chi connectivity index (χ3v) is 5.56. The zero-order chi connectivity index (χ0) is 22.4. The lowest BCUT2D eigenvalue weighted by Crippen LogP contribution is -2.14. The molecule has 0 aliphatic heterocycles. The lowest BCUT2D eigenvalue weighted by molar-refractivity contribution is -0.384. The van der Waals surface area contributed by atoms with Gasteiger partial charge in [0.05, 0.1) is 16.4 Å². The van der Waals surface area contributed by atoms with Crippen LogP contribution in [-0.4, -0.2) is 25.9 Å². The Balaban J connectivity index is 1.68. The number of nitro groups is 1. The Morgan fingerprint density at radius 3 is 2.29 bits per heavy atom. The molecular weight excluding hydrogens is 422 g/mol. The smallest absolute Gasteiger partial charge is 0.271 e. The van der Waals surface area contributed by atoms with Crippen LogP contribution in [0.1, 0.15) is 17.3 Å². The molecule has 160 valence electrons. The second-order valence-corrected chi connectivity index (χ2v) is 8.03. The summed E-state index contributed by atoms with van der Waals surface area (Å²) < 4.78 is 32.8. The van der Waals surface area contributed by atoms with Gasteiger partial charge in [0.1, 0.15) is 5.75 Å². The minimum atomic E-state index is -3.81. The van der Waals surface area contributed by atoms with Crippen molar-refractivity contribution in [2.24, 2.45) is 0 Å². The van der Waals surface area contributed by atoms with Crippen molar-refractivity contribution >= 4 is 33.0 Å². The number of benzene rings is 3. The highest BCUT2D eigenvalue weighted by atomic mass is 32.2. The van der Waals surface area contributed by atoms with Gasteiger partial charge in [-0.1, -0.05) is 6.07 Å². The molecule has 0 saturated heterocycles. The second kappa shape index (κ2) is 9.26. The number of anilines is 2. The van der Waals surface area contributed by atoms with Crippen molar-refractivity contribution in [2.45, 2.75) is 11.8 Å². The SMILES string of the molecule is CCOc1ccc(S(=O)(=O)Nc2ccc(C(=O)Nc3cccc([N+](=O)[O-])c3)cc2)cc1. The highest BCUT2D eigenvalue weighted by Crippen LogP contribution is 2.21. The Labute approximate surface area is 178 Å². The van der Waals surface area contributed by atoms with E-state index in [0.29, 0.717) is 12.4 Å². The molecule has 9 nitrogen and oxygen atoms in total. The van der Waals surface area contributed by atoms with Gasteiger partial charge in [0.25, 0.3) is 21.6 Å². The Morgan fingerprint density at radius 1 is 1.00 bits per heavy atom. The van der Waals surface area contributed by atoms with Crippen molar-refractivity contribution in [3.63, 3.8) is 0 Å². The number of rotatable bonds is 8. The van der Waals surface area contributed by atoms with Crippen molar-refractivity contribution in [3.8, 4) is 5.75 Å². The summed E-state index contributed by atoms with van der Waals surface area (Å²) in [7, 11) is -3.81. The number of nitrogens with zero attached hydrogens (tertiary/aromatic N) is 1. The maximum absolute atomic E-state index is 12.5. The van der Waals surface area contributed by atoms with E-state index < -0.39 is 20.9 Å². The zero-order valence-corrected chi connectivity index (χ0v) is 17.3. The average molecular weight is 441 g/mol. The highest BCUT2D eigenvalue weighted by molar-refractivity contribution is 7.92. The van der Waals surface area contributed by atoms with Gasteiger partial charge in [0.15, 0.2) is 0 Å². The molecule has 0 spiro atoms. The van der Waals surface area contributed by atoms with Crippen molar-refractivity contribution < 1.29 is 22.9 Å². The van der Waals surface area contributed by atoms with Crippen LogP contribution >= 0.6 is 0 Å². The third kappa shape index (κ3) is 5.58. The van der Waals surface area contributed by atoms with Gasteiger partial charge in [0, 0.05) is 29.1 Å². The molecule has 0 aliphatic carbocycles. The molecule has 2 N–H and O–H groups in total. The topological polar surface area (TPSA) is 128 Å². The van der Waals surface area contributed by atoms with Crippen molar-refractivity contribution in [2.75, 3.05) is 16.6 Å². The summed E-state index contributed by atoms with van der Waals surface area (Å²) in [6, 6.07) is 17.4. The fraction of sp³-hybridized carbons (Fsp3) is 0.0952. The number of ether oxygens (including phenoxy) is 1. The molecule has 0 bridgehead atoms. The van der Waals surface area contributed by atoms with Crippen molar-refractivity contribution in [1.82, 2.24) is 0 Å². The van der Waals surface area contributed by atoms with Crippen molar-refractivity contribution in [3.05, 3.63) is 88.5 Å². The molecule has 3 rings (SSSR count). The maximum Gasteiger partial charge on any atom is 0.271 e. The van der Waals surface area contributed by atoms with E-state index in [1.54, 1.807) is 12.1 Å². The van der Waals surface area contributed by atoms with Gasteiger partial charge in [0.2, 0.25) is 0 Å². The van der Waals surface area contributed by atoms with E-state index in [2.05, 4.69) is 10.0 Å². The standard InChI is InChI=1S/C21H19N3O6S/c1-2-30-19-10-12-20(13-11-19)31(28,29)23-16-8-6-15(7-9-16)21(25)22-17-4-3-5-18(14-17)24(26)27/h3-14,23H,2H2,1H3,(H,22,25). The van der Waals surface area contributed by atoms with Crippen LogP contribution in [0.25, 0.3) is 0 Å². The first-order chi connectivity index (χ1) is 14.8. The molecule has 10 heteroatoms. The third-order valence-electron chi connectivity index (χ3n) is 4.16. The molecule has 0 fully saturated rings. The highest BCUT2D eigenvalue weighted by Gasteiger charge is 2.15. The van der Waals surface area contributed by atoms with E-state index in [1.807, 2.05) is 6.92 Å². The fourth-order valence-electron chi connectivity index (χ4n) is 2.69. The second-order valence-electron chi connectivity index (χ2n) is 6.35. The van der Waals surface area contributed by atoms with Crippen LogP contribution in [0, 0.1) is 10.1 Å². The number of amides is 1. The van der Waals surface area contributed by atoms with E-state index in [-0.39, 0.29) is 27.5 Å². The first-order valence-electron chi connectivity index (χ1n) is 9.20. The number of carbonyl (C=O) groups is 1. The monoisotopic (exact) mass is 441 g/mol. The molecule has 0 unspecified atom stereocenters. The molecule has 3 aromatic carbocycles. The van der Waals surface area contributed by atoms with E-state index in [9.17, 15) is 23.3 Å². The van der Waals surface area contributed by atoms with Crippen LogP contribution < -0.4 is 14.8 Å². The largest absolute Gasteiger partial charge is 0.494 e. The summed E-state index contributed by atoms with van der Waals surface area (Å²) >= 11 is 0. The molecule has 1 amide bonds. The Kier molecular flexibility index (Phi) is 6.51. The van der Waals surface area contributed by atoms with Crippen LogP contribution in [-0.2, 0) is 10.0 Å². The lowest BCUT2D eigenvalue weighted by atomic mass is 10.2. The maximum atomic E-state index is 12.5. The summed E-state index contributed by atoms with van der Waals surface area (Å²) in [4.78, 5) is 22.7. The number of nitro benzene ring substituents is 1. The van der Waals surface area contributed by atoms with Crippen LogP contribution in [0.5, 0.6) is 5.75 Å². The van der Waals surface area contributed by atoms with Crippen LogP contribution in [0.4, 0.5) is 17.1 Å². The van der Waals surface area contributed by atoms with Gasteiger partial charge in [-0.05, 0) is 61.5 Å². The van der Waals surface area contributed by atoms with Gasteiger partial charge >= 0.3 is 0 Å². The summed E-state index contributed by atoms with van der Waals surface area (Å²) in [5.41, 5.74) is 0.674. The number of hydrogen-bond acceptors (Lipinski definition) is 6.